The first-order chi connectivity index (χ1) is 15.8. The second-order valence-corrected chi connectivity index (χ2v) is 7.59. The summed E-state index contributed by atoms with van der Waals surface area (Å²) in [5, 5.41) is 18.4. The molecule has 1 aliphatic rings. The summed E-state index contributed by atoms with van der Waals surface area (Å²) in [4.78, 5) is 43.5. The summed E-state index contributed by atoms with van der Waals surface area (Å²) < 4.78 is 5.02. The van der Waals surface area contributed by atoms with Gasteiger partial charge in [-0.3, -0.25) is 19.7 Å². The van der Waals surface area contributed by atoms with Gasteiger partial charge < -0.3 is 19.6 Å². The summed E-state index contributed by atoms with van der Waals surface area (Å²) in [6.45, 7) is 5.09. The maximum absolute atomic E-state index is 12.9. The highest BCUT2D eigenvalue weighted by molar-refractivity contribution is 6.06. The van der Waals surface area contributed by atoms with Crippen LogP contribution in [0.1, 0.15) is 23.2 Å². The van der Waals surface area contributed by atoms with E-state index >= 15 is 0 Å². The van der Waals surface area contributed by atoms with Gasteiger partial charge in [0.1, 0.15) is 5.69 Å². The molecule has 0 bridgehead atoms. The molecular weight excluding hydrogens is 428 g/mol. The molecule has 2 heterocycles. The first-order valence-corrected chi connectivity index (χ1v) is 10.3. The Hall–Kier alpha value is -4.28. The number of aryl methyl sites for hydroxylation is 1. The van der Waals surface area contributed by atoms with Crippen molar-refractivity contribution in [3.8, 4) is 11.4 Å². The molecule has 0 spiro atoms. The van der Waals surface area contributed by atoms with Crippen molar-refractivity contribution in [1.29, 1.82) is 0 Å². The number of carbonyl (C=O) groups excluding carboxylic acids is 2. The summed E-state index contributed by atoms with van der Waals surface area (Å²) in [6.07, 6.45) is 0. The van der Waals surface area contributed by atoms with Crippen molar-refractivity contribution >= 4 is 28.9 Å². The fraction of sp³-hybridized carbons (Fsp3) is 0.273. The molecule has 0 radical (unpaired) electrons. The fourth-order valence-corrected chi connectivity index (χ4v) is 3.73. The van der Waals surface area contributed by atoms with Crippen LogP contribution in [0.2, 0.25) is 0 Å². The van der Waals surface area contributed by atoms with Gasteiger partial charge in [-0.05, 0) is 24.3 Å². The number of hydrogen-bond acceptors (Lipinski definition) is 8. The molecule has 2 aromatic carbocycles. The lowest BCUT2D eigenvalue weighted by molar-refractivity contribution is -0.384. The maximum atomic E-state index is 12.9. The fourth-order valence-electron chi connectivity index (χ4n) is 3.73. The van der Waals surface area contributed by atoms with Gasteiger partial charge in [-0.1, -0.05) is 17.3 Å². The highest BCUT2D eigenvalue weighted by atomic mass is 16.6. The number of carbonyl (C=O) groups is 2. The average Bonchev–Trinajstić information content (AvgIpc) is 3.25. The number of rotatable bonds is 5. The van der Waals surface area contributed by atoms with Gasteiger partial charge in [0, 0.05) is 57.2 Å². The first-order valence-electron chi connectivity index (χ1n) is 10.3. The molecule has 0 atom stereocenters. The third-order valence-electron chi connectivity index (χ3n) is 5.44. The Kier molecular flexibility index (Phi) is 6.03. The largest absolute Gasteiger partial charge is 0.362 e. The molecular formula is C22H22N6O5. The number of nitrogens with zero attached hydrogens (tertiary/aromatic N) is 5. The predicted molar refractivity (Wildman–Crippen MR) is 120 cm³/mol. The van der Waals surface area contributed by atoms with E-state index in [9.17, 15) is 19.7 Å². The molecule has 11 nitrogen and oxygen atoms in total. The summed E-state index contributed by atoms with van der Waals surface area (Å²) in [7, 11) is 0. The molecule has 1 N–H and O–H groups in total. The molecule has 1 aromatic heterocycles. The van der Waals surface area contributed by atoms with Crippen LogP contribution in [0.25, 0.3) is 11.4 Å². The topological polar surface area (TPSA) is 135 Å². The number of nitro groups is 1. The minimum absolute atomic E-state index is 0.0209. The van der Waals surface area contributed by atoms with Crippen LogP contribution in [0.5, 0.6) is 0 Å². The molecule has 0 aliphatic carbocycles. The number of para-hydroxylation sites is 1. The lowest BCUT2D eigenvalue weighted by atomic mass is 10.1. The summed E-state index contributed by atoms with van der Waals surface area (Å²) in [5.74, 6) is 0.196. The maximum Gasteiger partial charge on any atom is 0.293 e. The number of benzene rings is 2. The van der Waals surface area contributed by atoms with Crippen molar-refractivity contribution in [2.75, 3.05) is 36.4 Å². The van der Waals surface area contributed by atoms with E-state index in [0.717, 1.165) is 0 Å². The minimum Gasteiger partial charge on any atom is -0.362 e. The van der Waals surface area contributed by atoms with Crippen molar-refractivity contribution < 1.29 is 19.0 Å². The lowest BCUT2D eigenvalue weighted by Crippen LogP contribution is -2.48. The number of hydrogen-bond donors (Lipinski definition) is 1. The van der Waals surface area contributed by atoms with Crippen LogP contribution in [-0.2, 0) is 4.79 Å². The number of piperazine rings is 1. The van der Waals surface area contributed by atoms with Gasteiger partial charge in [0.2, 0.25) is 17.6 Å². The molecule has 0 unspecified atom stereocenters. The predicted octanol–water partition coefficient (Wildman–Crippen LogP) is 2.87. The number of nitro benzene ring substituents is 1. The Bertz CT molecular complexity index is 1220. The van der Waals surface area contributed by atoms with Gasteiger partial charge in [0.05, 0.1) is 10.6 Å². The van der Waals surface area contributed by atoms with Crippen molar-refractivity contribution in [3.63, 3.8) is 0 Å². The molecule has 1 saturated heterocycles. The number of nitrogens with one attached hydrogen (secondary N) is 1. The first kappa shape index (κ1) is 21.9. The average molecular weight is 450 g/mol. The Morgan fingerprint density at radius 1 is 1.12 bits per heavy atom. The van der Waals surface area contributed by atoms with Crippen molar-refractivity contribution in [2.24, 2.45) is 0 Å². The van der Waals surface area contributed by atoms with E-state index in [0.29, 0.717) is 54.8 Å². The molecule has 4 rings (SSSR count). The van der Waals surface area contributed by atoms with E-state index in [4.69, 9.17) is 4.52 Å². The van der Waals surface area contributed by atoms with E-state index in [1.807, 2.05) is 4.90 Å². The zero-order chi connectivity index (χ0) is 23.5. The van der Waals surface area contributed by atoms with Gasteiger partial charge in [-0.15, -0.1) is 0 Å². The van der Waals surface area contributed by atoms with Gasteiger partial charge in [-0.2, -0.15) is 4.98 Å². The smallest absolute Gasteiger partial charge is 0.293 e. The van der Waals surface area contributed by atoms with Crippen molar-refractivity contribution in [2.45, 2.75) is 13.8 Å². The van der Waals surface area contributed by atoms with E-state index < -0.39 is 10.8 Å². The van der Waals surface area contributed by atoms with Crippen molar-refractivity contribution in [1.82, 2.24) is 15.0 Å². The summed E-state index contributed by atoms with van der Waals surface area (Å²) >= 11 is 0. The van der Waals surface area contributed by atoms with E-state index in [1.54, 1.807) is 48.2 Å². The van der Waals surface area contributed by atoms with E-state index in [1.165, 1.54) is 13.0 Å². The van der Waals surface area contributed by atoms with E-state index in [-0.39, 0.29) is 17.2 Å². The van der Waals surface area contributed by atoms with Crippen LogP contribution >= 0.6 is 0 Å². The lowest BCUT2D eigenvalue weighted by Gasteiger charge is -2.35. The highest BCUT2D eigenvalue weighted by Gasteiger charge is 2.26. The second-order valence-electron chi connectivity index (χ2n) is 7.59. The Labute approximate surface area is 189 Å². The van der Waals surface area contributed by atoms with Gasteiger partial charge in [-0.25, -0.2) is 0 Å². The molecule has 0 saturated carbocycles. The van der Waals surface area contributed by atoms with Gasteiger partial charge in [0.15, 0.2) is 0 Å². The Morgan fingerprint density at radius 2 is 1.85 bits per heavy atom. The molecule has 170 valence electrons. The SMILES string of the molecule is CC(=O)N1CCN(c2ccc(C(=O)Nc3ccccc3-c3noc(C)n3)cc2[N+](=O)[O-])CC1. The number of anilines is 2. The molecule has 1 fully saturated rings. The van der Waals surface area contributed by atoms with Crippen LogP contribution < -0.4 is 10.2 Å². The normalized spacial score (nSPS) is 13.6. The zero-order valence-corrected chi connectivity index (χ0v) is 18.1. The minimum atomic E-state index is -0.501. The van der Waals surface area contributed by atoms with Gasteiger partial charge >= 0.3 is 0 Å². The molecule has 2 amide bonds. The molecule has 33 heavy (non-hydrogen) atoms. The third-order valence-corrected chi connectivity index (χ3v) is 5.44. The standard InChI is InChI=1S/C22H22N6O5/c1-14-23-21(25-33-14)17-5-3-4-6-18(17)24-22(30)16-7-8-19(20(13-16)28(31)32)27-11-9-26(10-12-27)15(2)29/h3-8,13H,9-12H2,1-2H3,(H,24,30). The van der Waals surface area contributed by atoms with Gasteiger partial charge in [0.25, 0.3) is 11.6 Å². The quantitative estimate of drug-likeness (QED) is 0.463. The summed E-state index contributed by atoms with van der Waals surface area (Å²) in [6, 6.07) is 11.4. The van der Waals surface area contributed by atoms with Crippen LogP contribution in [0.15, 0.2) is 47.0 Å². The van der Waals surface area contributed by atoms with Crippen LogP contribution in [-0.4, -0.2) is 58.0 Å². The summed E-state index contributed by atoms with van der Waals surface area (Å²) in [5.41, 5.74) is 1.42. The Balaban J connectivity index is 1.57. The highest BCUT2D eigenvalue weighted by Crippen LogP contribution is 2.31. The van der Waals surface area contributed by atoms with Crippen LogP contribution in [0.4, 0.5) is 17.1 Å². The van der Waals surface area contributed by atoms with Crippen molar-refractivity contribution in [3.05, 3.63) is 64.0 Å². The third kappa shape index (κ3) is 4.66. The zero-order valence-electron chi connectivity index (χ0n) is 18.1. The van der Waals surface area contributed by atoms with Crippen LogP contribution in [0, 0.1) is 17.0 Å². The molecule has 1 aliphatic heterocycles. The Morgan fingerprint density at radius 3 is 2.48 bits per heavy atom. The monoisotopic (exact) mass is 450 g/mol. The van der Waals surface area contributed by atoms with E-state index in [2.05, 4.69) is 15.5 Å². The second kappa shape index (κ2) is 9.07. The molecule has 3 aromatic rings. The van der Waals surface area contributed by atoms with Crippen LogP contribution in [0.3, 0.4) is 0 Å². The molecule has 11 heteroatoms. The number of amides is 2. The number of aromatic nitrogens is 2.